The average molecular weight is 238 g/mol. The molecule has 0 bridgehead atoms. The smallest absolute Gasteiger partial charge is 0.162 e. The summed E-state index contributed by atoms with van der Waals surface area (Å²) in [6.45, 7) is 1.75. The molecule has 1 heterocycles. The number of nitrogens with zero attached hydrogens (tertiary/aromatic N) is 1. The van der Waals surface area contributed by atoms with Gasteiger partial charge < -0.3 is 14.4 Å². The van der Waals surface area contributed by atoms with E-state index in [9.17, 15) is 0 Å². The second-order valence-electron chi connectivity index (χ2n) is 4.03. The summed E-state index contributed by atoms with van der Waals surface area (Å²) in [7, 11) is 3.27. The molecule has 0 spiro atoms. The Morgan fingerprint density at radius 1 is 1.24 bits per heavy atom. The summed E-state index contributed by atoms with van der Waals surface area (Å²) >= 11 is 0. The molecule has 1 fully saturated rings. The average Bonchev–Trinajstić information content (AvgIpc) is 2.86. The maximum atomic E-state index is 5.28. The maximum absolute atomic E-state index is 5.28. The van der Waals surface area contributed by atoms with Gasteiger partial charge in [-0.25, -0.2) is 5.90 Å². The first-order valence-electron chi connectivity index (χ1n) is 5.61. The Morgan fingerprint density at radius 3 is 2.59 bits per heavy atom. The van der Waals surface area contributed by atoms with E-state index in [1.807, 2.05) is 18.2 Å². The van der Waals surface area contributed by atoms with Gasteiger partial charge >= 0.3 is 0 Å². The zero-order valence-electron chi connectivity index (χ0n) is 10.2. The molecule has 1 unspecified atom stereocenters. The number of ether oxygens (including phenoxy) is 2. The van der Waals surface area contributed by atoms with Crippen molar-refractivity contribution in [3.05, 3.63) is 18.2 Å². The predicted octanol–water partition coefficient (Wildman–Crippen LogP) is 1.17. The lowest BCUT2D eigenvalue weighted by atomic mass is 10.2. The molecule has 1 aliphatic rings. The van der Waals surface area contributed by atoms with Crippen molar-refractivity contribution < 1.29 is 14.3 Å². The number of methoxy groups -OCH3 is 2. The number of anilines is 1. The summed E-state index contributed by atoms with van der Waals surface area (Å²) in [6, 6.07) is 5.89. The zero-order chi connectivity index (χ0) is 12.3. The molecule has 0 saturated carbocycles. The van der Waals surface area contributed by atoms with E-state index in [2.05, 4.69) is 4.90 Å². The van der Waals surface area contributed by atoms with Gasteiger partial charge in [-0.15, -0.1) is 0 Å². The molecule has 2 N–H and O–H groups in total. The van der Waals surface area contributed by atoms with Gasteiger partial charge in [0.15, 0.2) is 11.5 Å². The topological polar surface area (TPSA) is 57.0 Å². The van der Waals surface area contributed by atoms with Crippen LogP contribution in [-0.4, -0.2) is 33.4 Å². The molecule has 1 atom stereocenters. The van der Waals surface area contributed by atoms with Gasteiger partial charge in [-0.05, 0) is 18.6 Å². The normalized spacial score (nSPS) is 19.5. The highest BCUT2D eigenvalue weighted by atomic mass is 16.6. The van der Waals surface area contributed by atoms with Crippen LogP contribution in [0.1, 0.15) is 6.42 Å². The van der Waals surface area contributed by atoms with E-state index >= 15 is 0 Å². The Bertz CT molecular complexity index is 384. The molecule has 1 aromatic rings. The van der Waals surface area contributed by atoms with Crippen molar-refractivity contribution in [1.29, 1.82) is 0 Å². The molecule has 1 aliphatic heterocycles. The number of hydrogen-bond acceptors (Lipinski definition) is 5. The fraction of sp³-hybridized carbons (Fsp3) is 0.500. The van der Waals surface area contributed by atoms with Crippen LogP contribution in [0.2, 0.25) is 0 Å². The molecular weight excluding hydrogens is 220 g/mol. The molecule has 1 saturated heterocycles. The van der Waals surface area contributed by atoms with Crippen LogP contribution >= 0.6 is 0 Å². The van der Waals surface area contributed by atoms with Gasteiger partial charge in [0.2, 0.25) is 0 Å². The minimum atomic E-state index is 0.114. The largest absolute Gasteiger partial charge is 0.493 e. The minimum Gasteiger partial charge on any atom is -0.493 e. The Hall–Kier alpha value is -1.46. The number of hydrogen-bond donors (Lipinski definition) is 1. The third kappa shape index (κ3) is 2.45. The second kappa shape index (κ2) is 5.25. The quantitative estimate of drug-likeness (QED) is 0.798. The molecule has 1 aromatic carbocycles. The van der Waals surface area contributed by atoms with Crippen LogP contribution in [0.5, 0.6) is 11.5 Å². The van der Waals surface area contributed by atoms with Crippen molar-refractivity contribution in [3.8, 4) is 11.5 Å². The molecule has 17 heavy (non-hydrogen) atoms. The summed E-state index contributed by atoms with van der Waals surface area (Å²) in [5.74, 6) is 6.68. The third-order valence-corrected chi connectivity index (χ3v) is 3.07. The van der Waals surface area contributed by atoms with E-state index in [-0.39, 0.29) is 6.10 Å². The van der Waals surface area contributed by atoms with Gasteiger partial charge in [-0.2, -0.15) is 0 Å². The summed E-state index contributed by atoms with van der Waals surface area (Å²) in [4.78, 5) is 7.09. The molecule has 0 aliphatic carbocycles. The highest BCUT2D eigenvalue weighted by molar-refractivity contribution is 5.57. The van der Waals surface area contributed by atoms with Crippen LogP contribution in [0.3, 0.4) is 0 Å². The fourth-order valence-electron chi connectivity index (χ4n) is 2.10. The van der Waals surface area contributed by atoms with E-state index < -0.39 is 0 Å². The Kier molecular flexibility index (Phi) is 3.71. The summed E-state index contributed by atoms with van der Waals surface area (Å²) < 4.78 is 10.5. The van der Waals surface area contributed by atoms with Crippen molar-refractivity contribution in [2.45, 2.75) is 12.5 Å². The lowest BCUT2D eigenvalue weighted by Crippen LogP contribution is -2.24. The fourth-order valence-corrected chi connectivity index (χ4v) is 2.10. The summed E-state index contributed by atoms with van der Waals surface area (Å²) in [6.07, 6.45) is 1.06. The first-order chi connectivity index (χ1) is 8.28. The number of benzene rings is 1. The van der Waals surface area contributed by atoms with Crippen LogP contribution in [0, 0.1) is 0 Å². The molecule has 0 amide bonds. The number of rotatable bonds is 4. The number of nitrogens with two attached hydrogens (primary N) is 1. The van der Waals surface area contributed by atoms with Gasteiger partial charge in [-0.3, -0.25) is 4.84 Å². The first kappa shape index (κ1) is 12.0. The van der Waals surface area contributed by atoms with Crippen molar-refractivity contribution in [1.82, 2.24) is 0 Å². The summed E-state index contributed by atoms with van der Waals surface area (Å²) in [5.41, 5.74) is 1.10. The van der Waals surface area contributed by atoms with Gasteiger partial charge in [-0.1, -0.05) is 0 Å². The van der Waals surface area contributed by atoms with Crippen LogP contribution in [0.15, 0.2) is 18.2 Å². The van der Waals surface area contributed by atoms with Crippen LogP contribution in [0.4, 0.5) is 5.69 Å². The highest BCUT2D eigenvalue weighted by Gasteiger charge is 2.23. The standard InChI is InChI=1S/C12H18N2O3/c1-15-11-4-3-9(7-12(11)16-2)14-6-5-10(8-14)17-13/h3-4,7,10H,5-6,8,13H2,1-2H3. The summed E-state index contributed by atoms with van der Waals surface area (Å²) in [5, 5.41) is 0. The van der Waals surface area contributed by atoms with E-state index in [1.165, 1.54) is 0 Å². The molecule has 94 valence electrons. The van der Waals surface area contributed by atoms with E-state index in [0.29, 0.717) is 0 Å². The van der Waals surface area contributed by atoms with Crippen molar-refractivity contribution in [3.63, 3.8) is 0 Å². The Balaban J connectivity index is 2.16. The molecule has 0 aromatic heterocycles. The lowest BCUT2D eigenvalue weighted by molar-refractivity contribution is 0.0690. The first-order valence-corrected chi connectivity index (χ1v) is 5.61. The second-order valence-corrected chi connectivity index (χ2v) is 4.03. The van der Waals surface area contributed by atoms with Crippen LogP contribution < -0.4 is 20.3 Å². The molecule has 5 nitrogen and oxygen atoms in total. The SMILES string of the molecule is COc1ccc(N2CCC(ON)C2)cc1OC. The third-order valence-electron chi connectivity index (χ3n) is 3.07. The Labute approximate surface area is 101 Å². The van der Waals surface area contributed by atoms with Gasteiger partial charge in [0.1, 0.15) is 0 Å². The van der Waals surface area contributed by atoms with Crippen molar-refractivity contribution in [2.24, 2.45) is 5.90 Å². The van der Waals surface area contributed by atoms with E-state index in [1.54, 1.807) is 14.2 Å². The zero-order valence-corrected chi connectivity index (χ0v) is 10.2. The van der Waals surface area contributed by atoms with E-state index in [4.69, 9.17) is 20.2 Å². The molecule has 0 radical (unpaired) electrons. The highest BCUT2D eigenvalue weighted by Crippen LogP contribution is 2.32. The monoisotopic (exact) mass is 238 g/mol. The lowest BCUT2D eigenvalue weighted by Gasteiger charge is -2.19. The van der Waals surface area contributed by atoms with Crippen molar-refractivity contribution in [2.75, 3.05) is 32.2 Å². The predicted molar refractivity (Wildman–Crippen MR) is 65.4 cm³/mol. The minimum absolute atomic E-state index is 0.114. The van der Waals surface area contributed by atoms with Gasteiger partial charge in [0.25, 0.3) is 0 Å². The van der Waals surface area contributed by atoms with E-state index in [0.717, 1.165) is 36.7 Å². The Morgan fingerprint density at radius 2 is 2.00 bits per heavy atom. The molecular formula is C12H18N2O3. The molecule has 2 rings (SSSR count). The van der Waals surface area contributed by atoms with Crippen molar-refractivity contribution >= 4 is 5.69 Å². The maximum Gasteiger partial charge on any atom is 0.162 e. The molecule has 5 heteroatoms. The van der Waals surface area contributed by atoms with Gasteiger partial charge in [0.05, 0.1) is 20.3 Å². The van der Waals surface area contributed by atoms with Gasteiger partial charge in [0, 0.05) is 24.8 Å². The van der Waals surface area contributed by atoms with Crippen LogP contribution in [-0.2, 0) is 4.84 Å². The van der Waals surface area contributed by atoms with Crippen LogP contribution in [0.25, 0.3) is 0 Å².